The zero-order chi connectivity index (χ0) is 68.1. The molecule has 0 aliphatic rings. The highest BCUT2D eigenvalue weighted by Gasteiger charge is 2.20. The van der Waals surface area contributed by atoms with E-state index in [9.17, 15) is 38.4 Å². The molecule has 0 saturated carbocycles. The maximum atomic E-state index is 11.8. The number of nitrogens with zero attached hydrogens (tertiary/aromatic N) is 2. The summed E-state index contributed by atoms with van der Waals surface area (Å²) in [5.74, 6) is -1.02. The maximum absolute atomic E-state index is 11.8. The average Bonchev–Trinajstić information content (AvgIpc) is 3.65. The van der Waals surface area contributed by atoms with Gasteiger partial charge in [-0.25, -0.2) is 24.2 Å². The van der Waals surface area contributed by atoms with E-state index < -0.39 is 65.4 Å². The summed E-state index contributed by atoms with van der Waals surface area (Å²) in [6.45, 7) is 27.6. The summed E-state index contributed by atoms with van der Waals surface area (Å²) in [5.41, 5.74) is 34.7. The Morgan fingerprint density at radius 2 is 1.09 bits per heavy atom. The Labute approximate surface area is 537 Å². The van der Waals surface area contributed by atoms with Crippen LogP contribution in [0.5, 0.6) is 0 Å². The van der Waals surface area contributed by atoms with Crippen LogP contribution in [0.2, 0.25) is 0 Å². The van der Waals surface area contributed by atoms with Crippen molar-refractivity contribution in [2.45, 2.75) is 184 Å². The number of aryl methyl sites for hydroxylation is 1. The van der Waals surface area contributed by atoms with Crippen LogP contribution in [0, 0.1) is 6.92 Å². The van der Waals surface area contributed by atoms with Gasteiger partial charge in [0.15, 0.2) is 0 Å². The van der Waals surface area contributed by atoms with Gasteiger partial charge in [0.1, 0.15) is 41.8 Å². The van der Waals surface area contributed by atoms with E-state index >= 15 is 0 Å². The lowest BCUT2D eigenvalue weighted by molar-refractivity contribution is -0.140. The molecular weight excluding hydrogens is 1180 g/mol. The number of hydrogen-bond donors (Lipinski definition) is 12. The van der Waals surface area contributed by atoms with Crippen LogP contribution in [0.1, 0.15) is 149 Å². The molecule has 18 N–H and O–H groups in total. The molecule has 0 saturated heterocycles. The second kappa shape index (κ2) is 48.4. The molecule has 5 atom stereocenters. The molecule has 1 heterocycles. The molecule has 3 aromatic carbocycles. The lowest BCUT2D eigenvalue weighted by Crippen LogP contribution is -2.44. The van der Waals surface area contributed by atoms with E-state index in [4.69, 9.17) is 53.3 Å². The summed E-state index contributed by atoms with van der Waals surface area (Å²) < 4.78 is 24.7. The van der Waals surface area contributed by atoms with Crippen LogP contribution >= 0.6 is 12.4 Å². The minimum atomic E-state index is -0.682. The average molecular weight is 1290 g/mol. The Hall–Kier alpha value is -8.53. The van der Waals surface area contributed by atoms with E-state index in [1.54, 1.807) is 34.6 Å². The van der Waals surface area contributed by atoms with Crippen LogP contribution in [0.3, 0.4) is 0 Å². The molecule has 0 radical (unpaired) electrons. The van der Waals surface area contributed by atoms with Gasteiger partial charge in [-0.3, -0.25) is 19.2 Å². The number of nitrogens with one attached hydrogen (secondary N) is 6. The van der Waals surface area contributed by atoms with Crippen molar-refractivity contribution >= 4 is 77.9 Å². The molecule has 0 aliphatic carbocycles. The first-order chi connectivity index (χ1) is 41.8. The molecule has 1 aromatic heterocycles. The van der Waals surface area contributed by atoms with Gasteiger partial charge in [-0.1, -0.05) is 107 Å². The Kier molecular flexibility index (Phi) is 46.1. The number of rotatable bonds is 24. The number of carbonyl (C=O) groups is 8. The molecule has 0 spiro atoms. The summed E-state index contributed by atoms with van der Waals surface area (Å²) in [5, 5.41) is 16.6. The van der Waals surface area contributed by atoms with Crippen molar-refractivity contribution in [3.8, 4) is 0 Å². The Balaban J connectivity index is -0.00000106. The molecule has 7 amide bonds. The highest BCUT2D eigenvalue weighted by molar-refractivity contribution is 5.98. The fourth-order valence-electron chi connectivity index (χ4n) is 6.21. The van der Waals surface area contributed by atoms with E-state index in [1.807, 2.05) is 140 Å². The van der Waals surface area contributed by atoms with Crippen molar-refractivity contribution < 1.29 is 62.0 Å². The van der Waals surface area contributed by atoms with Crippen LogP contribution in [-0.4, -0.2) is 126 Å². The second-order valence-electron chi connectivity index (χ2n) is 21.5. The third-order valence-electron chi connectivity index (χ3n) is 11.2. The smallest absolute Gasteiger partial charge is 0.408 e. The van der Waals surface area contributed by atoms with Gasteiger partial charge in [0, 0.05) is 56.6 Å². The Morgan fingerprint density at radius 1 is 0.589 bits per heavy atom. The van der Waals surface area contributed by atoms with Crippen molar-refractivity contribution in [3.05, 3.63) is 113 Å². The van der Waals surface area contributed by atoms with Gasteiger partial charge in [-0.05, 0) is 116 Å². The van der Waals surface area contributed by atoms with Crippen molar-refractivity contribution in [1.29, 1.82) is 0 Å². The number of primary amides is 3. The van der Waals surface area contributed by atoms with Gasteiger partial charge in [-0.15, -0.1) is 12.4 Å². The normalized spacial score (nSPS) is 11.8. The fraction of sp³-hybridized carbons (Fsp3) is 0.516. The fourth-order valence-corrected chi connectivity index (χ4v) is 6.21. The first kappa shape index (κ1) is 85.7. The number of amides is 7. The first-order valence-corrected chi connectivity index (χ1v) is 29.3. The molecule has 90 heavy (non-hydrogen) atoms. The Bertz CT molecular complexity index is 2680. The van der Waals surface area contributed by atoms with Gasteiger partial charge in [0.2, 0.25) is 17.8 Å². The standard InChI is InChI=1S/C17H26N2O4.C16H22N6O.C12H16N2O3.C9H20N2O2.C4H10N2O.C4H8O2.ClH/c1-5-14(11-18-15(20)23-17(2,3)4)19-16(21)22-12-13-9-7-6-8-10-13;1-3-11(8-17)21-16-19-9-13(14(18)23)15(22-16)20-12-6-4-5-10(2)7-12;1-2-10(11(13)15)14-12(16)17-8-9-6-4-3-5-7-9;1-5-7(10)6-11-8(12)13-9(2,3)4;1-2-3(5)4(6)7;1-3-6-4(2)5;/h6-10,14H,5,11-12H2,1-4H3,(H,18,20)(H,19,21);4-7,9,11H,3,8,17H2,1-2H3,(H2,18,23)(H2,19,20,21,22);3-7,10H,2,8H2,1H3,(H2,13,15)(H,14,16);7H,5-6,10H2,1-4H3,(H,11,12);3H,2,5H2,1H3,(H2,6,7);3H2,1-2H3;1H/t14-;11-;10-;7-;3-;;/m11111../s1. The Morgan fingerprint density at radius 3 is 1.46 bits per heavy atom. The van der Waals surface area contributed by atoms with Crippen LogP contribution in [0.4, 0.5) is 36.6 Å². The molecule has 0 fully saturated rings. The number of anilines is 3. The summed E-state index contributed by atoms with van der Waals surface area (Å²) in [4.78, 5) is 96.6. The molecular formula is C62H103ClN14O13. The number of hydrogen-bond acceptors (Lipinski definition) is 20. The molecule has 28 heteroatoms. The van der Waals surface area contributed by atoms with Crippen molar-refractivity contribution in [2.75, 3.05) is 36.9 Å². The molecule has 4 aromatic rings. The van der Waals surface area contributed by atoms with Crippen molar-refractivity contribution in [3.63, 3.8) is 0 Å². The number of aromatic nitrogens is 2. The van der Waals surface area contributed by atoms with E-state index in [2.05, 4.69) is 46.6 Å². The number of benzene rings is 3. The van der Waals surface area contributed by atoms with Gasteiger partial charge < -0.3 is 90.0 Å². The lowest BCUT2D eigenvalue weighted by atomic mass is 10.2. The molecule has 506 valence electrons. The summed E-state index contributed by atoms with van der Waals surface area (Å²) in [7, 11) is 0. The summed E-state index contributed by atoms with van der Waals surface area (Å²) in [6, 6.07) is 25.2. The third-order valence-corrected chi connectivity index (χ3v) is 11.2. The molecule has 0 aliphatic heterocycles. The number of alkyl carbamates (subject to hydrolysis) is 4. The van der Waals surface area contributed by atoms with Crippen LogP contribution < -0.4 is 66.3 Å². The molecule has 4 rings (SSSR count). The van der Waals surface area contributed by atoms with Crippen LogP contribution in [0.25, 0.3) is 0 Å². The lowest BCUT2D eigenvalue weighted by Gasteiger charge is -2.22. The zero-order valence-corrected chi connectivity index (χ0v) is 55.7. The number of carbonyl (C=O) groups excluding carboxylic acids is 8. The predicted molar refractivity (Wildman–Crippen MR) is 352 cm³/mol. The minimum Gasteiger partial charge on any atom is -0.466 e. The van der Waals surface area contributed by atoms with E-state index in [0.717, 1.165) is 35.2 Å². The largest absolute Gasteiger partial charge is 0.466 e. The topological polar surface area (TPSA) is 437 Å². The number of halogens is 1. The monoisotopic (exact) mass is 1290 g/mol. The zero-order valence-electron chi connectivity index (χ0n) is 54.9. The van der Waals surface area contributed by atoms with E-state index in [-0.39, 0.29) is 61.8 Å². The number of ether oxygens (including phenoxy) is 5. The number of esters is 1. The molecule has 0 unspecified atom stereocenters. The highest BCUT2D eigenvalue weighted by Crippen LogP contribution is 2.21. The van der Waals surface area contributed by atoms with Gasteiger partial charge >= 0.3 is 30.3 Å². The molecule has 27 nitrogen and oxygen atoms in total. The quantitative estimate of drug-likeness (QED) is 0.0237. The van der Waals surface area contributed by atoms with Gasteiger partial charge in [-0.2, -0.15) is 4.98 Å². The minimum absolute atomic E-state index is 0. The van der Waals surface area contributed by atoms with E-state index in [1.165, 1.54) is 13.1 Å². The third kappa shape index (κ3) is 45.7. The molecule has 0 bridgehead atoms. The summed E-state index contributed by atoms with van der Waals surface area (Å²) >= 11 is 0. The highest BCUT2D eigenvalue weighted by atomic mass is 35.5. The van der Waals surface area contributed by atoms with Crippen LogP contribution in [-0.2, 0) is 51.3 Å². The maximum Gasteiger partial charge on any atom is 0.408 e. The van der Waals surface area contributed by atoms with Crippen molar-refractivity contribution in [1.82, 2.24) is 31.2 Å². The number of nitrogens with two attached hydrogens (primary N) is 6. The van der Waals surface area contributed by atoms with E-state index in [0.29, 0.717) is 50.7 Å². The van der Waals surface area contributed by atoms with Crippen LogP contribution in [0.15, 0.2) is 91.1 Å². The summed E-state index contributed by atoms with van der Waals surface area (Å²) in [6.07, 6.45) is 2.77. The van der Waals surface area contributed by atoms with Gasteiger partial charge in [0.25, 0.3) is 5.91 Å². The second-order valence-corrected chi connectivity index (χ2v) is 21.5. The SMILES string of the molecule is CCOC(C)=O.CC[C@@H](N)C(N)=O.CC[C@@H](N)CNC(=O)OC(C)(C)C.CC[C@@H](NC(=O)OCc1ccccc1)C(N)=O.CC[C@H](CN)Nc1ncc(C(N)=O)c(Nc2cccc(C)c2)n1.CC[C@H](CNC(=O)OC(C)(C)C)NC(=O)OCc1ccccc1.Cl. The predicted octanol–water partition coefficient (Wildman–Crippen LogP) is 7.62. The van der Waals surface area contributed by atoms with Gasteiger partial charge in [0.05, 0.1) is 12.6 Å². The first-order valence-electron chi connectivity index (χ1n) is 29.3. The van der Waals surface area contributed by atoms with Crippen molar-refractivity contribution in [2.24, 2.45) is 34.4 Å².